The summed E-state index contributed by atoms with van der Waals surface area (Å²) < 4.78 is 2.31. The molecule has 2 heterocycles. The van der Waals surface area contributed by atoms with Crippen molar-refractivity contribution in [2.75, 3.05) is 0 Å². The molecule has 82 valence electrons. The summed E-state index contributed by atoms with van der Waals surface area (Å²) in [5, 5.41) is 13.5. The summed E-state index contributed by atoms with van der Waals surface area (Å²) in [5.74, 6) is -0.654. The van der Waals surface area contributed by atoms with E-state index in [1.807, 2.05) is 0 Å². The zero-order valence-corrected chi connectivity index (χ0v) is 9.81. The molecule has 1 N–H and O–H groups in total. The van der Waals surface area contributed by atoms with Gasteiger partial charge in [0.25, 0.3) is 0 Å². The van der Waals surface area contributed by atoms with E-state index >= 15 is 0 Å². The van der Waals surface area contributed by atoms with E-state index in [1.54, 1.807) is 12.4 Å². The van der Waals surface area contributed by atoms with Gasteiger partial charge in [-0.2, -0.15) is 5.10 Å². The van der Waals surface area contributed by atoms with Crippen LogP contribution in [0.15, 0.2) is 16.9 Å². The molecule has 16 heavy (non-hydrogen) atoms. The number of aromatic carboxylic acids is 1. The standard InChI is InChI=1S/C10H8BrN3O2/c11-6-3-12-9-7(10(15)16)8(5-1-2-5)13-14(9)4-6/h3-5H,1-2H2,(H,15,16). The molecular weight excluding hydrogens is 274 g/mol. The highest BCUT2D eigenvalue weighted by Crippen LogP contribution is 2.41. The van der Waals surface area contributed by atoms with Gasteiger partial charge in [-0.25, -0.2) is 14.3 Å². The Bertz CT molecular complexity index is 589. The highest BCUT2D eigenvalue weighted by atomic mass is 79.9. The van der Waals surface area contributed by atoms with Gasteiger partial charge in [0.05, 0.1) is 10.2 Å². The third kappa shape index (κ3) is 1.41. The molecule has 0 unspecified atom stereocenters. The summed E-state index contributed by atoms with van der Waals surface area (Å²) in [6.07, 6.45) is 5.34. The highest BCUT2D eigenvalue weighted by Gasteiger charge is 2.33. The van der Waals surface area contributed by atoms with Crippen molar-refractivity contribution >= 4 is 27.5 Å². The van der Waals surface area contributed by atoms with Gasteiger partial charge >= 0.3 is 5.97 Å². The maximum absolute atomic E-state index is 11.2. The van der Waals surface area contributed by atoms with Crippen LogP contribution in [0.3, 0.4) is 0 Å². The molecule has 0 aliphatic heterocycles. The molecule has 1 fully saturated rings. The Morgan fingerprint density at radius 3 is 2.94 bits per heavy atom. The Morgan fingerprint density at radius 2 is 2.31 bits per heavy atom. The van der Waals surface area contributed by atoms with Crippen molar-refractivity contribution < 1.29 is 9.90 Å². The Balaban J connectivity index is 2.32. The molecule has 0 spiro atoms. The van der Waals surface area contributed by atoms with Gasteiger partial charge in [0.15, 0.2) is 5.65 Å². The summed E-state index contributed by atoms with van der Waals surface area (Å²) in [6.45, 7) is 0. The topological polar surface area (TPSA) is 67.5 Å². The molecule has 5 nitrogen and oxygen atoms in total. The highest BCUT2D eigenvalue weighted by molar-refractivity contribution is 9.10. The van der Waals surface area contributed by atoms with Crippen molar-refractivity contribution in [3.8, 4) is 0 Å². The largest absolute Gasteiger partial charge is 0.477 e. The van der Waals surface area contributed by atoms with Crippen molar-refractivity contribution in [1.29, 1.82) is 0 Å². The zero-order valence-electron chi connectivity index (χ0n) is 8.22. The van der Waals surface area contributed by atoms with Crippen LogP contribution in [0, 0.1) is 0 Å². The Labute approximate surface area is 99.2 Å². The van der Waals surface area contributed by atoms with E-state index < -0.39 is 5.97 Å². The number of fused-ring (bicyclic) bond motifs is 1. The molecule has 3 rings (SSSR count). The van der Waals surface area contributed by atoms with Gasteiger partial charge in [-0.1, -0.05) is 0 Å². The van der Waals surface area contributed by atoms with E-state index in [0.717, 1.165) is 17.3 Å². The van der Waals surface area contributed by atoms with E-state index in [2.05, 4.69) is 26.0 Å². The van der Waals surface area contributed by atoms with Crippen LogP contribution in [-0.2, 0) is 0 Å². The average Bonchev–Trinajstić information content (AvgIpc) is 2.99. The number of carboxylic acid groups (broad SMARTS) is 1. The summed E-state index contributed by atoms with van der Waals surface area (Å²) in [5.41, 5.74) is 1.32. The SMILES string of the molecule is O=C(O)c1c(C2CC2)nn2cc(Br)cnc12. The van der Waals surface area contributed by atoms with E-state index in [1.165, 1.54) is 4.52 Å². The van der Waals surface area contributed by atoms with Gasteiger partial charge in [-0.05, 0) is 28.8 Å². The van der Waals surface area contributed by atoms with Gasteiger partial charge in [0.2, 0.25) is 0 Å². The molecule has 0 amide bonds. The second-order valence-corrected chi connectivity index (χ2v) is 4.80. The molecule has 0 saturated heterocycles. The smallest absolute Gasteiger partial charge is 0.341 e. The lowest BCUT2D eigenvalue weighted by atomic mass is 10.2. The molecule has 6 heteroatoms. The van der Waals surface area contributed by atoms with Gasteiger partial charge in [0, 0.05) is 18.3 Å². The van der Waals surface area contributed by atoms with Crippen LogP contribution in [0.2, 0.25) is 0 Å². The van der Waals surface area contributed by atoms with Gasteiger partial charge in [0.1, 0.15) is 5.56 Å². The number of nitrogens with zero attached hydrogens (tertiary/aromatic N) is 3. The first-order chi connectivity index (χ1) is 7.66. The first-order valence-corrected chi connectivity index (χ1v) is 5.73. The Morgan fingerprint density at radius 1 is 1.56 bits per heavy atom. The monoisotopic (exact) mass is 281 g/mol. The van der Waals surface area contributed by atoms with Gasteiger partial charge < -0.3 is 5.11 Å². The van der Waals surface area contributed by atoms with Crippen LogP contribution >= 0.6 is 15.9 Å². The van der Waals surface area contributed by atoms with E-state index in [0.29, 0.717) is 17.3 Å². The maximum atomic E-state index is 11.2. The number of halogens is 1. The molecule has 2 aromatic heterocycles. The quantitative estimate of drug-likeness (QED) is 0.915. The van der Waals surface area contributed by atoms with Crippen LogP contribution in [0.1, 0.15) is 34.8 Å². The number of aromatic nitrogens is 3. The molecule has 1 saturated carbocycles. The average molecular weight is 282 g/mol. The number of hydrogen-bond acceptors (Lipinski definition) is 3. The van der Waals surface area contributed by atoms with E-state index in [9.17, 15) is 9.90 Å². The predicted octanol–water partition coefficient (Wildman–Crippen LogP) is 2.07. The van der Waals surface area contributed by atoms with Crippen molar-refractivity contribution in [3.63, 3.8) is 0 Å². The minimum absolute atomic E-state index is 0.245. The predicted molar refractivity (Wildman–Crippen MR) is 59.6 cm³/mol. The summed E-state index contributed by atoms with van der Waals surface area (Å²) in [7, 11) is 0. The van der Waals surface area contributed by atoms with Crippen LogP contribution in [-0.4, -0.2) is 25.7 Å². The third-order valence-electron chi connectivity index (χ3n) is 2.65. The number of rotatable bonds is 2. The minimum atomic E-state index is -0.952. The van der Waals surface area contributed by atoms with Crippen LogP contribution in [0.5, 0.6) is 0 Å². The first-order valence-electron chi connectivity index (χ1n) is 4.94. The fourth-order valence-corrected chi connectivity index (χ4v) is 2.07. The molecule has 1 aliphatic carbocycles. The lowest BCUT2D eigenvalue weighted by molar-refractivity contribution is 0.0697. The van der Waals surface area contributed by atoms with Crippen molar-refractivity contribution in [1.82, 2.24) is 14.6 Å². The van der Waals surface area contributed by atoms with Crippen molar-refractivity contribution in [2.24, 2.45) is 0 Å². The summed E-state index contributed by atoms with van der Waals surface area (Å²) in [6, 6.07) is 0. The molecule has 1 aliphatic rings. The minimum Gasteiger partial charge on any atom is -0.477 e. The van der Waals surface area contributed by atoms with E-state index in [-0.39, 0.29) is 5.56 Å². The van der Waals surface area contributed by atoms with Crippen LogP contribution in [0.25, 0.3) is 5.65 Å². The van der Waals surface area contributed by atoms with Gasteiger partial charge in [-0.3, -0.25) is 0 Å². The normalized spacial score (nSPS) is 15.6. The molecule has 0 bridgehead atoms. The van der Waals surface area contributed by atoms with E-state index in [4.69, 9.17) is 0 Å². The lowest BCUT2D eigenvalue weighted by Crippen LogP contribution is -2.00. The molecule has 2 aromatic rings. The maximum Gasteiger partial charge on any atom is 0.341 e. The van der Waals surface area contributed by atoms with Crippen molar-refractivity contribution in [3.05, 3.63) is 28.1 Å². The van der Waals surface area contributed by atoms with Crippen LogP contribution in [0.4, 0.5) is 0 Å². The molecule has 0 atom stereocenters. The number of carboxylic acids is 1. The Kier molecular flexibility index (Phi) is 2.00. The Hall–Kier alpha value is -1.43. The third-order valence-corrected chi connectivity index (χ3v) is 3.06. The van der Waals surface area contributed by atoms with Crippen molar-refractivity contribution in [2.45, 2.75) is 18.8 Å². The van der Waals surface area contributed by atoms with Gasteiger partial charge in [-0.15, -0.1) is 0 Å². The van der Waals surface area contributed by atoms with Crippen LogP contribution < -0.4 is 0 Å². The fourth-order valence-electron chi connectivity index (χ4n) is 1.78. The number of hydrogen-bond donors (Lipinski definition) is 1. The lowest BCUT2D eigenvalue weighted by Gasteiger charge is -1.94. The number of carbonyl (C=O) groups is 1. The summed E-state index contributed by atoms with van der Waals surface area (Å²) >= 11 is 3.29. The summed E-state index contributed by atoms with van der Waals surface area (Å²) in [4.78, 5) is 15.3. The first kappa shape index (κ1) is 9.77. The zero-order chi connectivity index (χ0) is 11.3. The second-order valence-electron chi connectivity index (χ2n) is 3.88. The second kappa shape index (κ2) is 3.28. The fraction of sp³-hybridized carbons (Fsp3) is 0.300. The molecular formula is C10H8BrN3O2. The molecule has 0 aromatic carbocycles. The molecule has 0 radical (unpaired) electrons.